The van der Waals surface area contributed by atoms with Crippen LogP contribution in [0.2, 0.25) is 0 Å². The molecular formula is C29H28N2S. The van der Waals surface area contributed by atoms with E-state index in [1.807, 2.05) is 35.6 Å². The van der Waals surface area contributed by atoms with E-state index in [1.54, 1.807) is 6.33 Å². The van der Waals surface area contributed by atoms with Crippen molar-refractivity contribution in [2.24, 2.45) is 5.41 Å². The van der Waals surface area contributed by atoms with Crippen molar-refractivity contribution in [2.45, 2.75) is 52.4 Å². The van der Waals surface area contributed by atoms with E-state index in [-0.39, 0.29) is 0 Å². The highest BCUT2D eigenvalue weighted by Gasteiger charge is 2.29. The van der Waals surface area contributed by atoms with E-state index in [1.165, 1.54) is 46.9 Å². The molecule has 1 fully saturated rings. The maximum Gasteiger partial charge on any atom is 0.116 e. The molecule has 2 nitrogen and oxygen atoms in total. The molecule has 0 bridgehead atoms. The third-order valence-electron chi connectivity index (χ3n) is 7.42. The van der Waals surface area contributed by atoms with Gasteiger partial charge in [0.2, 0.25) is 0 Å². The molecule has 0 amide bonds. The summed E-state index contributed by atoms with van der Waals surface area (Å²) in [6, 6.07) is 17.4. The van der Waals surface area contributed by atoms with Crippen LogP contribution in [0.4, 0.5) is 0 Å². The Morgan fingerprint density at radius 3 is 2.56 bits per heavy atom. The molecule has 3 heteroatoms. The van der Waals surface area contributed by atoms with Crippen LogP contribution in [0.5, 0.6) is 0 Å². The van der Waals surface area contributed by atoms with E-state index < -0.39 is 0 Å². The summed E-state index contributed by atoms with van der Waals surface area (Å²) in [5.41, 5.74) is 6.35. The normalized spacial score (nSPS) is 17.3. The maximum atomic E-state index is 8.53. The third kappa shape index (κ3) is 3.22. The van der Waals surface area contributed by atoms with Crippen LogP contribution < -0.4 is 0 Å². The van der Waals surface area contributed by atoms with Gasteiger partial charge in [-0.3, -0.25) is 0 Å². The SMILES string of the molecule is [2H]c1cc(-c2ncnc3c2sc2c(C)c(C4CCC(C)(C)CC4)ccc23)cc2ccccc12. The van der Waals surface area contributed by atoms with E-state index in [4.69, 9.17) is 11.3 Å². The first-order valence-electron chi connectivity index (χ1n) is 12.1. The minimum Gasteiger partial charge on any atom is -0.235 e. The average Bonchev–Trinajstić information content (AvgIpc) is 3.19. The zero-order valence-electron chi connectivity index (χ0n) is 19.9. The fourth-order valence-electron chi connectivity index (χ4n) is 5.40. The molecule has 0 aliphatic heterocycles. The van der Waals surface area contributed by atoms with Gasteiger partial charge in [-0.15, -0.1) is 11.3 Å². The number of thiophene rings is 1. The van der Waals surface area contributed by atoms with Gasteiger partial charge in [0.1, 0.15) is 6.33 Å². The van der Waals surface area contributed by atoms with Crippen LogP contribution in [0.25, 0.3) is 42.3 Å². The van der Waals surface area contributed by atoms with Crippen molar-refractivity contribution in [3.05, 3.63) is 72.0 Å². The second-order valence-corrected chi connectivity index (χ2v) is 11.1. The fraction of sp³-hybridized carbons (Fsp3) is 0.310. The first-order valence-corrected chi connectivity index (χ1v) is 12.4. The number of hydrogen-bond donors (Lipinski definition) is 0. The van der Waals surface area contributed by atoms with Gasteiger partial charge in [-0.25, -0.2) is 9.97 Å². The van der Waals surface area contributed by atoms with E-state index in [0.29, 0.717) is 17.4 Å². The Hall–Kier alpha value is -2.78. The Morgan fingerprint density at radius 1 is 0.969 bits per heavy atom. The average molecular weight is 438 g/mol. The molecule has 1 saturated carbocycles. The lowest BCUT2D eigenvalue weighted by Crippen LogP contribution is -2.20. The fourth-order valence-corrected chi connectivity index (χ4v) is 6.68. The maximum absolute atomic E-state index is 8.53. The molecule has 0 radical (unpaired) electrons. The van der Waals surface area contributed by atoms with Crippen molar-refractivity contribution in [1.82, 2.24) is 9.97 Å². The standard InChI is InChI=1S/C29H28N2S/c1-18-23(20-12-14-29(2,3)15-13-20)10-11-24-26-28(32-27(18)24)25(30-17-31-26)22-9-8-19-6-4-5-7-21(19)16-22/h4-11,16-17,20H,12-15H2,1-3H3/i8D. The lowest BCUT2D eigenvalue weighted by molar-refractivity contribution is 0.224. The van der Waals surface area contributed by atoms with Crippen molar-refractivity contribution in [3.63, 3.8) is 0 Å². The summed E-state index contributed by atoms with van der Waals surface area (Å²) < 4.78 is 11.0. The predicted molar refractivity (Wildman–Crippen MR) is 138 cm³/mol. The molecule has 160 valence electrons. The lowest BCUT2D eigenvalue weighted by atomic mass is 9.71. The van der Waals surface area contributed by atoms with Gasteiger partial charge in [0.25, 0.3) is 0 Å². The highest BCUT2D eigenvalue weighted by atomic mass is 32.1. The molecule has 32 heavy (non-hydrogen) atoms. The number of aryl methyl sites for hydroxylation is 1. The van der Waals surface area contributed by atoms with Crippen LogP contribution in [0, 0.1) is 12.3 Å². The van der Waals surface area contributed by atoms with Crippen molar-refractivity contribution in [2.75, 3.05) is 0 Å². The van der Waals surface area contributed by atoms with Gasteiger partial charge in [0.05, 0.1) is 17.3 Å². The van der Waals surface area contributed by atoms with Crippen LogP contribution in [0.15, 0.2) is 60.9 Å². The molecule has 5 aromatic rings. The quantitative estimate of drug-likeness (QED) is 0.276. The van der Waals surface area contributed by atoms with E-state index >= 15 is 0 Å². The molecule has 0 unspecified atom stereocenters. The predicted octanol–water partition coefficient (Wildman–Crippen LogP) is 8.66. The Labute approximate surface area is 194 Å². The topological polar surface area (TPSA) is 25.8 Å². The van der Waals surface area contributed by atoms with Gasteiger partial charge in [-0.2, -0.15) is 0 Å². The van der Waals surface area contributed by atoms with E-state index in [9.17, 15) is 0 Å². The number of benzene rings is 3. The van der Waals surface area contributed by atoms with Crippen LogP contribution in [-0.2, 0) is 0 Å². The second-order valence-electron chi connectivity index (χ2n) is 10.1. The Morgan fingerprint density at radius 2 is 1.75 bits per heavy atom. The number of rotatable bonds is 2. The molecule has 1 aliphatic rings. The number of nitrogens with zero attached hydrogens (tertiary/aromatic N) is 2. The zero-order chi connectivity index (χ0) is 22.7. The Balaban J connectivity index is 1.51. The van der Waals surface area contributed by atoms with Gasteiger partial charge < -0.3 is 0 Å². The van der Waals surface area contributed by atoms with Crippen molar-refractivity contribution in [1.29, 1.82) is 0 Å². The van der Waals surface area contributed by atoms with Crippen molar-refractivity contribution >= 4 is 42.4 Å². The molecule has 6 rings (SSSR count). The van der Waals surface area contributed by atoms with Crippen LogP contribution in [0.1, 0.15) is 57.9 Å². The van der Waals surface area contributed by atoms with Crippen LogP contribution in [0.3, 0.4) is 0 Å². The minimum atomic E-state index is 0.479. The summed E-state index contributed by atoms with van der Waals surface area (Å²) in [4.78, 5) is 9.39. The first-order chi connectivity index (χ1) is 15.9. The summed E-state index contributed by atoms with van der Waals surface area (Å²) in [5.74, 6) is 0.657. The summed E-state index contributed by atoms with van der Waals surface area (Å²) >= 11 is 1.81. The summed E-state index contributed by atoms with van der Waals surface area (Å²) in [6.45, 7) is 7.10. The number of fused-ring (bicyclic) bond motifs is 4. The van der Waals surface area contributed by atoms with Gasteiger partial charge >= 0.3 is 0 Å². The molecule has 3 aromatic carbocycles. The highest BCUT2D eigenvalue weighted by Crippen LogP contribution is 2.46. The minimum absolute atomic E-state index is 0.479. The molecule has 0 atom stereocenters. The second kappa shape index (κ2) is 7.38. The molecule has 0 N–H and O–H groups in total. The molecular weight excluding hydrogens is 408 g/mol. The highest BCUT2D eigenvalue weighted by molar-refractivity contribution is 7.26. The summed E-state index contributed by atoms with van der Waals surface area (Å²) in [6.07, 6.45) is 6.83. The van der Waals surface area contributed by atoms with Crippen molar-refractivity contribution < 1.29 is 1.37 Å². The monoisotopic (exact) mass is 437 g/mol. The Kier molecular flexibility index (Phi) is 4.33. The van der Waals surface area contributed by atoms with Gasteiger partial charge in [0.15, 0.2) is 0 Å². The van der Waals surface area contributed by atoms with E-state index in [2.05, 4.69) is 45.0 Å². The van der Waals surface area contributed by atoms with Gasteiger partial charge in [0, 0.05) is 15.6 Å². The van der Waals surface area contributed by atoms with E-state index in [0.717, 1.165) is 32.2 Å². The lowest BCUT2D eigenvalue weighted by Gasteiger charge is -2.35. The molecule has 2 heterocycles. The summed E-state index contributed by atoms with van der Waals surface area (Å²) in [5, 5.41) is 3.27. The van der Waals surface area contributed by atoms with Crippen molar-refractivity contribution in [3.8, 4) is 11.3 Å². The van der Waals surface area contributed by atoms with Gasteiger partial charge in [-0.05, 0) is 71.9 Å². The smallest absolute Gasteiger partial charge is 0.116 e. The number of aromatic nitrogens is 2. The number of hydrogen-bond acceptors (Lipinski definition) is 3. The molecule has 0 spiro atoms. The first kappa shape index (κ1) is 18.8. The zero-order valence-corrected chi connectivity index (χ0v) is 19.7. The Bertz CT molecular complexity index is 1520. The van der Waals surface area contributed by atoms with Crippen LogP contribution >= 0.6 is 11.3 Å². The summed E-state index contributed by atoms with van der Waals surface area (Å²) in [7, 11) is 0. The molecule has 2 aromatic heterocycles. The van der Waals surface area contributed by atoms with Gasteiger partial charge in [-0.1, -0.05) is 62.4 Å². The largest absolute Gasteiger partial charge is 0.235 e. The molecule has 1 aliphatic carbocycles. The van der Waals surface area contributed by atoms with Crippen LogP contribution in [-0.4, -0.2) is 9.97 Å². The third-order valence-corrected chi connectivity index (χ3v) is 8.74. The molecule has 0 saturated heterocycles.